The molecule has 1 aromatic rings. The van der Waals surface area contributed by atoms with Gasteiger partial charge >= 0.3 is 6.01 Å². The Morgan fingerprint density at radius 2 is 1.94 bits per heavy atom. The molecule has 18 heavy (non-hydrogen) atoms. The highest BCUT2D eigenvalue weighted by atomic mass is 16.5. The molecule has 0 aliphatic heterocycles. The maximum Gasteiger partial charge on any atom is 0.318 e. The van der Waals surface area contributed by atoms with E-state index in [0.29, 0.717) is 31.7 Å². The van der Waals surface area contributed by atoms with Crippen LogP contribution in [0.1, 0.15) is 25.3 Å². The molecule has 0 saturated heterocycles. The first-order valence-corrected chi connectivity index (χ1v) is 6.00. The van der Waals surface area contributed by atoms with Gasteiger partial charge in [-0.05, 0) is 13.3 Å². The van der Waals surface area contributed by atoms with Crippen molar-refractivity contribution in [3.63, 3.8) is 0 Å². The number of hydrogen-bond donors (Lipinski definition) is 1. The lowest BCUT2D eigenvalue weighted by molar-refractivity contribution is 0.189. The largest absolute Gasteiger partial charge is 0.406 e. The third-order valence-electron chi connectivity index (χ3n) is 2.43. The van der Waals surface area contributed by atoms with Crippen molar-refractivity contribution in [3.8, 4) is 0 Å². The summed E-state index contributed by atoms with van der Waals surface area (Å²) in [6, 6.07) is 0.227. The predicted octanol–water partition coefficient (Wildman–Crippen LogP) is 0.579. The Kier molecular flexibility index (Phi) is 6.63. The third-order valence-corrected chi connectivity index (χ3v) is 2.43. The van der Waals surface area contributed by atoms with Crippen LogP contribution in [0.25, 0.3) is 0 Å². The van der Waals surface area contributed by atoms with Crippen molar-refractivity contribution < 1.29 is 13.9 Å². The molecule has 0 amide bonds. The zero-order chi connectivity index (χ0) is 13.4. The zero-order valence-corrected chi connectivity index (χ0v) is 11.3. The van der Waals surface area contributed by atoms with Gasteiger partial charge in [-0.25, -0.2) is 0 Å². The van der Waals surface area contributed by atoms with Crippen molar-refractivity contribution in [1.29, 1.82) is 0 Å². The average Bonchev–Trinajstić information content (AvgIpc) is 2.83. The van der Waals surface area contributed by atoms with E-state index in [4.69, 9.17) is 19.6 Å². The van der Waals surface area contributed by atoms with Crippen LogP contribution in [0.15, 0.2) is 4.42 Å². The second-order valence-electron chi connectivity index (χ2n) is 4.04. The molecule has 2 N–H and O–H groups in total. The molecule has 0 radical (unpaired) electrons. The molecule has 0 saturated carbocycles. The van der Waals surface area contributed by atoms with Crippen LogP contribution in [0, 0.1) is 0 Å². The van der Waals surface area contributed by atoms with Crippen molar-refractivity contribution in [1.82, 2.24) is 10.2 Å². The normalized spacial score (nSPS) is 12.7. The lowest BCUT2D eigenvalue weighted by atomic mass is 10.4. The summed E-state index contributed by atoms with van der Waals surface area (Å²) in [6.45, 7) is 4.57. The highest BCUT2D eigenvalue weighted by Crippen LogP contribution is 2.15. The number of rotatable bonds is 9. The second kappa shape index (κ2) is 8.02. The van der Waals surface area contributed by atoms with Gasteiger partial charge in [-0.1, -0.05) is 5.10 Å². The number of methoxy groups -OCH3 is 2. The lowest BCUT2D eigenvalue weighted by Gasteiger charge is -2.19. The summed E-state index contributed by atoms with van der Waals surface area (Å²) in [7, 11) is 3.34. The molecule has 104 valence electrons. The summed E-state index contributed by atoms with van der Waals surface area (Å²) in [4.78, 5) is 1.97. The number of aromatic nitrogens is 2. The van der Waals surface area contributed by atoms with Crippen LogP contribution in [0.5, 0.6) is 0 Å². The quantitative estimate of drug-likeness (QED) is 0.648. The minimum atomic E-state index is -0.255. The van der Waals surface area contributed by atoms with Gasteiger partial charge in [0.25, 0.3) is 0 Å². The number of nitrogens with two attached hydrogens (primary N) is 1. The minimum absolute atomic E-state index is 0.255. The molecule has 7 heteroatoms. The lowest BCUT2D eigenvalue weighted by Crippen LogP contribution is -2.29. The Morgan fingerprint density at radius 3 is 2.50 bits per heavy atom. The molecule has 1 unspecified atom stereocenters. The number of anilines is 1. The van der Waals surface area contributed by atoms with Crippen molar-refractivity contribution >= 4 is 6.01 Å². The maximum absolute atomic E-state index is 5.69. The molecule has 0 aliphatic carbocycles. The van der Waals surface area contributed by atoms with Crippen LogP contribution in [0.2, 0.25) is 0 Å². The summed E-state index contributed by atoms with van der Waals surface area (Å²) in [5.41, 5.74) is 5.69. The molecule has 0 aromatic carbocycles. The van der Waals surface area contributed by atoms with Crippen LogP contribution in [-0.2, 0) is 9.47 Å². The van der Waals surface area contributed by atoms with E-state index in [0.717, 1.165) is 13.0 Å². The van der Waals surface area contributed by atoms with Crippen LogP contribution in [0.3, 0.4) is 0 Å². The van der Waals surface area contributed by atoms with Gasteiger partial charge in [-0.2, -0.15) is 0 Å². The smallest absolute Gasteiger partial charge is 0.318 e. The molecule has 0 spiro atoms. The predicted molar refractivity (Wildman–Crippen MR) is 67.5 cm³/mol. The molecule has 0 fully saturated rings. The topological polar surface area (TPSA) is 86.6 Å². The molecule has 1 aromatic heterocycles. The van der Waals surface area contributed by atoms with E-state index in [1.54, 1.807) is 14.2 Å². The Morgan fingerprint density at radius 1 is 1.22 bits per heavy atom. The van der Waals surface area contributed by atoms with Gasteiger partial charge in [0.15, 0.2) is 0 Å². The Balaban J connectivity index is 2.61. The second-order valence-corrected chi connectivity index (χ2v) is 4.04. The van der Waals surface area contributed by atoms with E-state index in [9.17, 15) is 0 Å². The summed E-state index contributed by atoms with van der Waals surface area (Å²) in [6.07, 6.45) is 0.885. The summed E-state index contributed by atoms with van der Waals surface area (Å²) in [5, 5.41) is 7.92. The van der Waals surface area contributed by atoms with Crippen molar-refractivity contribution in [2.75, 3.05) is 45.4 Å². The fraction of sp³-hybridized carbons (Fsp3) is 0.818. The van der Waals surface area contributed by atoms with Crippen molar-refractivity contribution in [2.45, 2.75) is 19.4 Å². The first-order chi connectivity index (χ1) is 8.69. The highest BCUT2D eigenvalue weighted by Gasteiger charge is 2.15. The molecular weight excluding hydrogens is 236 g/mol. The van der Waals surface area contributed by atoms with Crippen LogP contribution in [0.4, 0.5) is 6.01 Å². The average molecular weight is 258 g/mol. The molecule has 1 atom stereocenters. The molecule has 0 bridgehead atoms. The van der Waals surface area contributed by atoms with Crippen LogP contribution < -0.4 is 10.6 Å². The monoisotopic (exact) mass is 258 g/mol. The summed E-state index contributed by atoms with van der Waals surface area (Å²) < 4.78 is 15.6. The van der Waals surface area contributed by atoms with E-state index in [2.05, 4.69) is 10.2 Å². The van der Waals surface area contributed by atoms with Crippen LogP contribution >= 0.6 is 0 Å². The molecule has 1 heterocycles. The number of nitrogens with zero attached hydrogens (tertiary/aromatic N) is 3. The maximum atomic E-state index is 5.69. The van der Waals surface area contributed by atoms with E-state index >= 15 is 0 Å². The van der Waals surface area contributed by atoms with Crippen LogP contribution in [-0.4, -0.2) is 50.7 Å². The Labute approximate surface area is 107 Å². The molecular formula is C11H22N4O3. The number of hydrogen-bond acceptors (Lipinski definition) is 7. The van der Waals surface area contributed by atoms with Gasteiger partial charge < -0.3 is 24.5 Å². The molecule has 1 rings (SSSR count). The number of ether oxygens (including phenoxy) is 2. The molecule has 0 aliphatic rings. The summed E-state index contributed by atoms with van der Waals surface area (Å²) >= 11 is 0. The van der Waals surface area contributed by atoms with Gasteiger partial charge in [-0.3, -0.25) is 0 Å². The van der Waals surface area contributed by atoms with Gasteiger partial charge in [0.05, 0.1) is 12.6 Å². The van der Waals surface area contributed by atoms with E-state index in [1.807, 2.05) is 11.8 Å². The van der Waals surface area contributed by atoms with E-state index in [-0.39, 0.29) is 6.04 Å². The first-order valence-electron chi connectivity index (χ1n) is 6.00. The first kappa shape index (κ1) is 14.9. The van der Waals surface area contributed by atoms with Crippen molar-refractivity contribution in [2.24, 2.45) is 5.73 Å². The Hall–Kier alpha value is -1.18. The fourth-order valence-electron chi connectivity index (χ4n) is 1.44. The van der Waals surface area contributed by atoms with Gasteiger partial charge in [0, 0.05) is 33.9 Å². The van der Waals surface area contributed by atoms with Crippen molar-refractivity contribution in [3.05, 3.63) is 5.89 Å². The third kappa shape index (κ3) is 4.59. The minimum Gasteiger partial charge on any atom is -0.406 e. The SMILES string of the molecule is COCCCN(CCOC)c1nnc(C(C)N)o1. The summed E-state index contributed by atoms with van der Waals surface area (Å²) in [5.74, 6) is 0.444. The Bertz CT molecular complexity index is 330. The zero-order valence-electron chi connectivity index (χ0n) is 11.3. The van der Waals surface area contributed by atoms with Gasteiger partial charge in [0.1, 0.15) is 0 Å². The van der Waals surface area contributed by atoms with E-state index in [1.165, 1.54) is 0 Å². The molecule has 7 nitrogen and oxygen atoms in total. The standard InChI is InChI=1S/C11H22N4O3/c1-9(12)10-13-14-11(18-10)15(6-8-17-3)5-4-7-16-2/h9H,4-8,12H2,1-3H3. The fourth-order valence-corrected chi connectivity index (χ4v) is 1.44. The van der Waals surface area contributed by atoms with Gasteiger partial charge in [0.2, 0.25) is 5.89 Å². The highest BCUT2D eigenvalue weighted by molar-refractivity contribution is 5.23. The van der Waals surface area contributed by atoms with Gasteiger partial charge in [-0.15, -0.1) is 5.10 Å². The van der Waals surface area contributed by atoms with E-state index < -0.39 is 0 Å².